The Labute approximate surface area is 114 Å². The standard InChI is InChI=1S/C16H21NS/c1-4-13-6-5-7-14(10-13)16-9-8-15(18-16)11-17-12(2)3/h5-10,12,17H,4,11H2,1-3H3. The lowest BCUT2D eigenvalue weighted by molar-refractivity contribution is 0.593. The third-order valence-electron chi connectivity index (χ3n) is 2.97. The predicted molar refractivity (Wildman–Crippen MR) is 81.1 cm³/mol. The van der Waals surface area contributed by atoms with Gasteiger partial charge in [-0.1, -0.05) is 45.0 Å². The van der Waals surface area contributed by atoms with E-state index >= 15 is 0 Å². The quantitative estimate of drug-likeness (QED) is 0.835. The molecule has 0 saturated carbocycles. The van der Waals surface area contributed by atoms with E-state index in [2.05, 4.69) is 62.5 Å². The van der Waals surface area contributed by atoms with Crippen LogP contribution in [0.1, 0.15) is 31.2 Å². The maximum absolute atomic E-state index is 3.46. The Kier molecular flexibility index (Phi) is 4.56. The molecule has 1 N–H and O–H groups in total. The number of rotatable bonds is 5. The normalized spacial score (nSPS) is 11.1. The molecule has 2 heteroatoms. The highest BCUT2D eigenvalue weighted by Gasteiger charge is 2.04. The van der Waals surface area contributed by atoms with Gasteiger partial charge in [-0.25, -0.2) is 0 Å². The number of hydrogen-bond donors (Lipinski definition) is 1. The van der Waals surface area contributed by atoms with Gasteiger partial charge in [0.25, 0.3) is 0 Å². The van der Waals surface area contributed by atoms with E-state index in [1.807, 2.05) is 11.3 Å². The van der Waals surface area contributed by atoms with E-state index in [0.717, 1.165) is 13.0 Å². The Hall–Kier alpha value is -1.12. The molecule has 2 rings (SSSR count). The van der Waals surface area contributed by atoms with Crippen molar-refractivity contribution in [3.63, 3.8) is 0 Å². The summed E-state index contributed by atoms with van der Waals surface area (Å²) in [5, 5.41) is 3.46. The van der Waals surface area contributed by atoms with Gasteiger partial charge in [0.2, 0.25) is 0 Å². The molecule has 1 heterocycles. The average molecular weight is 259 g/mol. The van der Waals surface area contributed by atoms with Crippen molar-refractivity contribution in [2.24, 2.45) is 0 Å². The molecule has 0 unspecified atom stereocenters. The summed E-state index contributed by atoms with van der Waals surface area (Å²) in [6.07, 6.45) is 1.10. The van der Waals surface area contributed by atoms with E-state index in [1.165, 1.54) is 20.9 Å². The van der Waals surface area contributed by atoms with Crippen LogP contribution in [-0.2, 0) is 13.0 Å². The van der Waals surface area contributed by atoms with Gasteiger partial charge in [-0.15, -0.1) is 11.3 Å². The fourth-order valence-electron chi connectivity index (χ4n) is 1.88. The molecular weight excluding hydrogens is 238 g/mol. The van der Waals surface area contributed by atoms with Crippen LogP contribution in [0.3, 0.4) is 0 Å². The highest BCUT2D eigenvalue weighted by atomic mass is 32.1. The second-order valence-electron chi connectivity index (χ2n) is 4.86. The molecule has 0 amide bonds. The Morgan fingerprint density at radius 1 is 1.17 bits per heavy atom. The van der Waals surface area contributed by atoms with E-state index in [1.54, 1.807) is 0 Å². The van der Waals surface area contributed by atoms with Gasteiger partial charge in [-0.2, -0.15) is 0 Å². The molecule has 0 aliphatic carbocycles. The van der Waals surface area contributed by atoms with Gasteiger partial charge >= 0.3 is 0 Å². The summed E-state index contributed by atoms with van der Waals surface area (Å²) in [6.45, 7) is 7.53. The van der Waals surface area contributed by atoms with E-state index in [4.69, 9.17) is 0 Å². The minimum atomic E-state index is 0.541. The van der Waals surface area contributed by atoms with Crippen molar-refractivity contribution < 1.29 is 0 Å². The molecule has 1 aromatic heterocycles. The van der Waals surface area contributed by atoms with Crippen LogP contribution in [0.5, 0.6) is 0 Å². The molecular formula is C16H21NS. The van der Waals surface area contributed by atoms with E-state index < -0.39 is 0 Å². The lowest BCUT2D eigenvalue weighted by Gasteiger charge is -2.05. The SMILES string of the molecule is CCc1cccc(-c2ccc(CNC(C)C)s2)c1. The van der Waals surface area contributed by atoms with Crippen molar-refractivity contribution in [1.29, 1.82) is 0 Å². The number of thiophene rings is 1. The summed E-state index contributed by atoms with van der Waals surface area (Å²) >= 11 is 1.88. The Bertz CT molecular complexity index is 499. The fraction of sp³-hybridized carbons (Fsp3) is 0.375. The van der Waals surface area contributed by atoms with Crippen LogP contribution in [0.25, 0.3) is 10.4 Å². The van der Waals surface area contributed by atoms with Crippen LogP contribution >= 0.6 is 11.3 Å². The second-order valence-corrected chi connectivity index (χ2v) is 6.02. The lowest BCUT2D eigenvalue weighted by Crippen LogP contribution is -2.21. The molecule has 0 aliphatic rings. The minimum Gasteiger partial charge on any atom is -0.310 e. The molecule has 1 nitrogen and oxygen atoms in total. The zero-order valence-electron chi connectivity index (χ0n) is 11.4. The summed E-state index contributed by atoms with van der Waals surface area (Å²) in [5.41, 5.74) is 2.75. The summed E-state index contributed by atoms with van der Waals surface area (Å²) in [4.78, 5) is 2.77. The maximum atomic E-state index is 3.46. The van der Waals surface area contributed by atoms with Crippen LogP contribution in [-0.4, -0.2) is 6.04 Å². The first-order valence-corrected chi connectivity index (χ1v) is 7.42. The van der Waals surface area contributed by atoms with Crippen LogP contribution in [0.4, 0.5) is 0 Å². The largest absolute Gasteiger partial charge is 0.310 e. The molecule has 2 aromatic rings. The van der Waals surface area contributed by atoms with Crippen LogP contribution < -0.4 is 5.32 Å². The number of aryl methyl sites for hydroxylation is 1. The van der Waals surface area contributed by atoms with Gasteiger partial charge < -0.3 is 5.32 Å². The molecule has 0 atom stereocenters. The number of benzene rings is 1. The molecule has 0 saturated heterocycles. The van der Waals surface area contributed by atoms with Crippen LogP contribution in [0.15, 0.2) is 36.4 Å². The van der Waals surface area contributed by atoms with Gasteiger partial charge in [0.15, 0.2) is 0 Å². The zero-order valence-corrected chi connectivity index (χ0v) is 12.2. The maximum Gasteiger partial charge on any atom is 0.0346 e. The van der Waals surface area contributed by atoms with Gasteiger partial charge in [0.05, 0.1) is 0 Å². The summed E-state index contributed by atoms with van der Waals surface area (Å²) in [5.74, 6) is 0. The Morgan fingerprint density at radius 3 is 2.72 bits per heavy atom. The smallest absolute Gasteiger partial charge is 0.0346 e. The minimum absolute atomic E-state index is 0.541. The molecule has 18 heavy (non-hydrogen) atoms. The second kappa shape index (κ2) is 6.17. The molecule has 0 bridgehead atoms. The van der Waals surface area contributed by atoms with Gasteiger partial charge in [-0.05, 0) is 29.7 Å². The van der Waals surface area contributed by atoms with E-state index in [-0.39, 0.29) is 0 Å². The van der Waals surface area contributed by atoms with Gasteiger partial charge in [-0.3, -0.25) is 0 Å². The van der Waals surface area contributed by atoms with Crippen LogP contribution in [0.2, 0.25) is 0 Å². The molecule has 0 radical (unpaired) electrons. The highest BCUT2D eigenvalue weighted by molar-refractivity contribution is 7.15. The summed E-state index contributed by atoms with van der Waals surface area (Å²) in [6, 6.07) is 13.8. The average Bonchev–Trinajstić information content (AvgIpc) is 2.85. The number of hydrogen-bond acceptors (Lipinski definition) is 2. The zero-order chi connectivity index (χ0) is 13.0. The van der Waals surface area contributed by atoms with Crippen molar-refractivity contribution in [1.82, 2.24) is 5.32 Å². The molecule has 1 aromatic carbocycles. The van der Waals surface area contributed by atoms with Crippen molar-refractivity contribution in [3.05, 3.63) is 46.8 Å². The lowest BCUT2D eigenvalue weighted by atomic mass is 10.1. The highest BCUT2D eigenvalue weighted by Crippen LogP contribution is 2.28. The topological polar surface area (TPSA) is 12.0 Å². The van der Waals surface area contributed by atoms with E-state index in [9.17, 15) is 0 Å². The monoisotopic (exact) mass is 259 g/mol. The number of nitrogens with one attached hydrogen (secondary N) is 1. The van der Waals surface area contributed by atoms with Crippen LogP contribution in [0, 0.1) is 0 Å². The molecule has 0 fully saturated rings. The van der Waals surface area contributed by atoms with Crippen molar-refractivity contribution in [3.8, 4) is 10.4 Å². The predicted octanol–water partition coefficient (Wildman–Crippen LogP) is 4.48. The third kappa shape index (κ3) is 3.44. The molecule has 0 aliphatic heterocycles. The first-order chi connectivity index (χ1) is 8.69. The first kappa shape index (κ1) is 13.3. The third-order valence-corrected chi connectivity index (χ3v) is 4.10. The van der Waals surface area contributed by atoms with Crippen molar-refractivity contribution >= 4 is 11.3 Å². The van der Waals surface area contributed by atoms with Gasteiger partial charge in [0, 0.05) is 22.3 Å². The first-order valence-electron chi connectivity index (χ1n) is 6.60. The molecule has 96 valence electrons. The summed E-state index contributed by atoms with van der Waals surface area (Å²) < 4.78 is 0. The fourth-order valence-corrected chi connectivity index (χ4v) is 2.83. The van der Waals surface area contributed by atoms with Crippen molar-refractivity contribution in [2.45, 2.75) is 39.8 Å². The Morgan fingerprint density at radius 2 is 2.00 bits per heavy atom. The Balaban J connectivity index is 2.13. The van der Waals surface area contributed by atoms with Crippen molar-refractivity contribution in [2.75, 3.05) is 0 Å². The van der Waals surface area contributed by atoms with E-state index in [0.29, 0.717) is 6.04 Å². The molecule has 0 spiro atoms. The summed E-state index contributed by atoms with van der Waals surface area (Å²) in [7, 11) is 0. The van der Waals surface area contributed by atoms with Gasteiger partial charge in [0.1, 0.15) is 0 Å².